The Labute approximate surface area is 103 Å². The number of hydrogen-bond donors (Lipinski definition) is 0. The van der Waals surface area contributed by atoms with Gasteiger partial charge in [-0.3, -0.25) is 4.90 Å². The minimum atomic E-state index is -0.481. The van der Waals surface area contributed by atoms with Crippen LogP contribution < -0.4 is 0 Å². The molecule has 0 saturated carbocycles. The highest BCUT2D eigenvalue weighted by Crippen LogP contribution is 2.20. The molecule has 1 unspecified atom stereocenters. The van der Waals surface area contributed by atoms with Gasteiger partial charge in [0.25, 0.3) is 0 Å². The van der Waals surface area contributed by atoms with E-state index in [1.54, 1.807) is 4.90 Å². The van der Waals surface area contributed by atoms with Crippen molar-refractivity contribution in [2.24, 2.45) is 0 Å². The van der Waals surface area contributed by atoms with Gasteiger partial charge in [0.1, 0.15) is 18.4 Å². The predicted octanol–water partition coefficient (Wildman–Crippen LogP) is 2.38. The van der Waals surface area contributed by atoms with Crippen LogP contribution in [0.1, 0.15) is 40.0 Å². The largest absolute Gasteiger partial charge is 0.444 e. The number of carbonyl (C=O) groups excluding carboxylic acids is 1. The molecule has 1 heterocycles. The molecule has 1 aliphatic rings. The molecule has 1 saturated heterocycles. The van der Waals surface area contributed by atoms with Gasteiger partial charge in [-0.1, -0.05) is 5.92 Å². The molecule has 0 radical (unpaired) electrons. The standard InChI is InChI=1S/C13H21NO3/c1-5-10-16-11-8-6-7-9-14(11)12(15)17-13(2,3)4/h1,11H,6-10H2,2-4H3. The van der Waals surface area contributed by atoms with Gasteiger partial charge in [-0.2, -0.15) is 0 Å². The summed E-state index contributed by atoms with van der Waals surface area (Å²) in [5, 5.41) is 0. The van der Waals surface area contributed by atoms with Gasteiger partial charge in [-0.05, 0) is 40.0 Å². The first-order valence-corrected chi connectivity index (χ1v) is 5.99. The first-order chi connectivity index (χ1) is 7.94. The highest BCUT2D eigenvalue weighted by molar-refractivity contribution is 5.68. The molecule has 1 rings (SSSR count). The van der Waals surface area contributed by atoms with E-state index in [1.807, 2.05) is 20.8 Å². The van der Waals surface area contributed by atoms with Crippen LogP contribution in [-0.4, -0.2) is 36.0 Å². The number of terminal acetylenes is 1. The lowest BCUT2D eigenvalue weighted by Gasteiger charge is -2.36. The monoisotopic (exact) mass is 239 g/mol. The maximum atomic E-state index is 12.0. The Hall–Kier alpha value is -1.21. The third-order valence-electron chi connectivity index (χ3n) is 2.43. The van der Waals surface area contributed by atoms with Crippen LogP contribution in [0.5, 0.6) is 0 Å². The summed E-state index contributed by atoms with van der Waals surface area (Å²) in [6, 6.07) is 0. The smallest absolute Gasteiger partial charge is 0.412 e. The van der Waals surface area contributed by atoms with Gasteiger partial charge < -0.3 is 9.47 Å². The molecule has 1 amide bonds. The SMILES string of the molecule is C#CCOC1CCCCN1C(=O)OC(C)(C)C. The number of rotatable bonds is 2. The molecular formula is C13H21NO3. The Morgan fingerprint density at radius 2 is 2.18 bits per heavy atom. The lowest BCUT2D eigenvalue weighted by molar-refractivity contribution is -0.0739. The molecule has 4 nitrogen and oxygen atoms in total. The first-order valence-electron chi connectivity index (χ1n) is 5.99. The summed E-state index contributed by atoms with van der Waals surface area (Å²) in [4.78, 5) is 13.6. The molecule has 0 spiro atoms. The normalized spacial score (nSPS) is 20.8. The van der Waals surface area contributed by atoms with Gasteiger partial charge >= 0.3 is 6.09 Å². The molecule has 0 aliphatic carbocycles. The summed E-state index contributed by atoms with van der Waals surface area (Å²) in [6.45, 7) is 6.46. The van der Waals surface area contributed by atoms with Crippen molar-refractivity contribution >= 4 is 6.09 Å². The van der Waals surface area contributed by atoms with Crippen LogP contribution in [0.4, 0.5) is 4.79 Å². The number of piperidine rings is 1. The number of ether oxygens (including phenoxy) is 2. The fourth-order valence-corrected chi connectivity index (χ4v) is 1.75. The molecule has 1 atom stereocenters. The van der Waals surface area contributed by atoms with E-state index >= 15 is 0 Å². The lowest BCUT2D eigenvalue weighted by Crippen LogP contribution is -2.47. The summed E-state index contributed by atoms with van der Waals surface area (Å²) in [6.07, 6.45) is 7.45. The molecule has 1 aliphatic heterocycles. The van der Waals surface area contributed by atoms with Crippen molar-refractivity contribution in [3.05, 3.63) is 0 Å². The van der Waals surface area contributed by atoms with E-state index in [2.05, 4.69) is 5.92 Å². The van der Waals surface area contributed by atoms with Crippen LogP contribution >= 0.6 is 0 Å². The fraction of sp³-hybridized carbons (Fsp3) is 0.769. The minimum Gasteiger partial charge on any atom is -0.444 e. The van der Waals surface area contributed by atoms with E-state index in [4.69, 9.17) is 15.9 Å². The molecule has 0 N–H and O–H groups in total. The van der Waals surface area contributed by atoms with Crippen molar-refractivity contribution in [3.8, 4) is 12.3 Å². The van der Waals surface area contributed by atoms with Gasteiger partial charge in [0.2, 0.25) is 0 Å². The van der Waals surface area contributed by atoms with E-state index in [1.165, 1.54) is 0 Å². The van der Waals surface area contributed by atoms with Gasteiger partial charge in [-0.25, -0.2) is 4.79 Å². The summed E-state index contributed by atoms with van der Waals surface area (Å²) in [5.41, 5.74) is -0.481. The zero-order valence-corrected chi connectivity index (χ0v) is 10.9. The Kier molecular flexibility index (Phi) is 4.83. The van der Waals surface area contributed by atoms with Crippen molar-refractivity contribution in [2.45, 2.75) is 51.9 Å². The molecule has 1 fully saturated rings. The van der Waals surface area contributed by atoms with E-state index in [0.717, 1.165) is 19.3 Å². The van der Waals surface area contributed by atoms with Crippen LogP contribution in [0.2, 0.25) is 0 Å². The maximum absolute atomic E-state index is 12.0. The second kappa shape index (κ2) is 5.92. The summed E-state index contributed by atoms with van der Waals surface area (Å²) in [5.74, 6) is 2.42. The molecule has 0 aromatic carbocycles. The van der Waals surface area contributed by atoms with Crippen molar-refractivity contribution < 1.29 is 14.3 Å². The maximum Gasteiger partial charge on any atom is 0.412 e. The van der Waals surface area contributed by atoms with Gasteiger partial charge in [0.15, 0.2) is 0 Å². The fourth-order valence-electron chi connectivity index (χ4n) is 1.75. The van der Waals surface area contributed by atoms with E-state index < -0.39 is 5.60 Å². The number of likely N-dealkylation sites (tertiary alicyclic amines) is 1. The topological polar surface area (TPSA) is 38.8 Å². The third kappa shape index (κ3) is 4.66. The third-order valence-corrected chi connectivity index (χ3v) is 2.43. The predicted molar refractivity (Wildman–Crippen MR) is 65.4 cm³/mol. The summed E-state index contributed by atoms with van der Waals surface area (Å²) >= 11 is 0. The average molecular weight is 239 g/mol. The van der Waals surface area contributed by atoms with Crippen LogP contribution in [0.25, 0.3) is 0 Å². The van der Waals surface area contributed by atoms with Crippen molar-refractivity contribution in [3.63, 3.8) is 0 Å². The van der Waals surface area contributed by atoms with Crippen LogP contribution in [-0.2, 0) is 9.47 Å². The van der Waals surface area contributed by atoms with Crippen molar-refractivity contribution in [1.29, 1.82) is 0 Å². The van der Waals surface area contributed by atoms with Crippen molar-refractivity contribution in [1.82, 2.24) is 4.90 Å². The van der Waals surface area contributed by atoms with Crippen LogP contribution in [0.3, 0.4) is 0 Å². The van der Waals surface area contributed by atoms with Crippen molar-refractivity contribution in [2.75, 3.05) is 13.2 Å². The van der Waals surface area contributed by atoms with Gasteiger partial charge in [0, 0.05) is 6.54 Å². The number of nitrogens with zero attached hydrogens (tertiary/aromatic N) is 1. The molecular weight excluding hydrogens is 218 g/mol. The molecule has 96 valence electrons. The average Bonchev–Trinajstić information content (AvgIpc) is 2.24. The highest BCUT2D eigenvalue weighted by atomic mass is 16.6. The molecule has 17 heavy (non-hydrogen) atoms. The van der Waals surface area contributed by atoms with E-state index in [0.29, 0.717) is 6.54 Å². The zero-order valence-electron chi connectivity index (χ0n) is 10.9. The second-order valence-electron chi connectivity index (χ2n) is 5.14. The number of hydrogen-bond acceptors (Lipinski definition) is 3. The first kappa shape index (κ1) is 13.9. The number of amides is 1. The summed E-state index contributed by atoms with van der Waals surface area (Å²) < 4.78 is 10.8. The Morgan fingerprint density at radius 3 is 2.76 bits per heavy atom. The van der Waals surface area contributed by atoms with E-state index in [9.17, 15) is 4.79 Å². The minimum absolute atomic E-state index is 0.226. The number of carbonyl (C=O) groups is 1. The lowest BCUT2D eigenvalue weighted by atomic mass is 10.1. The quantitative estimate of drug-likeness (QED) is 0.694. The summed E-state index contributed by atoms with van der Waals surface area (Å²) in [7, 11) is 0. The molecule has 4 heteroatoms. The zero-order chi connectivity index (χ0) is 12.9. The van der Waals surface area contributed by atoms with Crippen LogP contribution in [0, 0.1) is 12.3 Å². The Morgan fingerprint density at radius 1 is 1.47 bits per heavy atom. The Balaban J connectivity index is 2.58. The Bertz CT molecular complexity index is 301. The van der Waals surface area contributed by atoms with Gasteiger partial charge in [0.05, 0.1) is 0 Å². The van der Waals surface area contributed by atoms with E-state index in [-0.39, 0.29) is 18.9 Å². The van der Waals surface area contributed by atoms with Gasteiger partial charge in [-0.15, -0.1) is 6.42 Å². The molecule has 0 aromatic heterocycles. The highest BCUT2D eigenvalue weighted by Gasteiger charge is 2.30. The second-order valence-corrected chi connectivity index (χ2v) is 5.14. The molecule has 0 aromatic rings. The molecule has 0 bridgehead atoms. The van der Waals surface area contributed by atoms with Crippen LogP contribution in [0.15, 0.2) is 0 Å².